The van der Waals surface area contributed by atoms with E-state index in [1.54, 1.807) is 11.8 Å². The lowest BCUT2D eigenvalue weighted by Gasteiger charge is -2.24. The van der Waals surface area contributed by atoms with Crippen molar-refractivity contribution >= 4 is 34.6 Å². The van der Waals surface area contributed by atoms with Gasteiger partial charge in [-0.15, -0.1) is 11.8 Å². The molecular formula is C10H16OS2. The van der Waals surface area contributed by atoms with Gasteiger partial charge in [-0.05, 0) is 18.6 Å². The maximum atomic E-state index is 12.0. The number of carbonyl (C=O) groups is 1. The largest absolute Gasteiger partial charge is 0.297 e. The average molecular weight is 216 g/mol. The Morgan fingerprint density at radius 2 is 2.00 bits per heavy atom. The highest BCUT2D eigenvalue weighted by Gasteiger charge is 2.52. The number of carbonyl (C=O) groups excluding carboxylic acids is 1. The minimum Gasteiger partial charge on any atom is -0.297 e. The molecule has 0 aromatic heterocycles. The Morgan fingerprint density at radius 3 is 2.15 bits per heavy atom. The van der Waals surface area contributed by atoms with Gasteiger partial charge >= 0.3 is 0 Å². The average Bonchev–Trinajstić information content (AvgIpc) is 2.31. The molecule has 0 N–H and O–H groups in total. The molecular weight excluding hydrogens is 200 g/mol. The zero-order valence-electron chi connectivity index (χ0n) is 8.59. The highest BCUT2D eigenvalue weighted by molar-refractivity contribution is 8.02. The van der Waals surface area contributed by atoms with Gasteiger partial charge < -0.3 is 0 Å². The molecule has 1 saturated carbocycles. The summed E-state index contributed by atoms with van der Waals surface area (Å²) in [6, 6.07) is 0. The summed E-state index contributed by atoms with van der Waals surface area (Å²) in [7, 11) is 0. The lowest BCUT2D eigenvalue weighted by molar-refractivity contribution is -0.122. The van der Waals surface area contributed by atoms with E-state index in [2.05, 4.69) is 6.92 Å². The summed E-state index contributed by atoms with van der Waals surface area (Å²) in [6.07, 6.45) is 2.82. The van der Waals surface area contributed by atoms with Gasteiger partial charge in [0.1, 0.15) is 4.75 Å². The Bertz CT molecular complexity index is 221. The van der Waals surface area contributed by atoms with Gasteiger partial charge in [-0.1, -0.05) is 33.0 Å². The fourth-order valence-corrected chi connectivity index (χ4v) is 3.77. The molecule has 0 aromatic carbocycles. The maximum Gasteiger partial charge on any atom is 0.157 e. The lowest BCUT2D eigenvalue weighted by Crippen LogP contribution is -2.36. The van der Waals surface area contributed by atoms with E-state index in [0.29, 0.717) is 5.78 Å². The molecule has 1 fully saturated rings. The van der Waals surface area contributed by atoms with Crippen molar-refractivity contribution in [2.24, 2.45) is 11.8 Å². The predicted octanol–water partition coefficient (Wildman–Crippen LogP) is 2.72. The molecule has 0 bridgehead atoms. The smallest absolute Gasteiger partial charge is 0.157 e. The van der Waals surface area contributed by atoms with Crippen molar-refractivity contribution in [2.75, 3.05) is 6.26 Å². The fraction of sp³-hybridized carbons (Fsp3) is 0.800. The summed E-state index contributed by atoms with van der Waals surface area (Å²) in [4.78, 5) is 13.0. The van der Waals surface area contributed by atoms with Crippen molar-refractivity contribution in [3.63, 3.8) is 0 Å². The van der Waals surface area contributed by atoms with Crippen LogP contribution in [0.1, 0.15) is 27.2 Å². The standard InChI is InChI=1S/C10H16OS2/c1-5-10(13-4)8(11)6(2)7(3)9(10)12/h6-7H,5H2,1-4H3. The second-order valence-corrected chi connectivity index (χ2v) is 5.24. The Labute approximate surface area is 89.7 Å². The minimum atomic E-state index is -0.353. The molecule has 74 valence electrons. The van der Waals surface area contributed by atoms with Crippen LogP contribution in [0.5, 0.6) is 0 Å². The monoisotopic (exact) mass is 216 g/mol. The highest BCUT2D eigenvalue weighted by Crippen LogP contribution is 2.43. The van der Waals surface area contributed by atoms with Crippen LogP contribution in [0.25, 0.3) is 0 Å². The zero-order chi connectivity index (χ0) is 10.2. The van der Waals surface area contributed by atoms with E-state index in [4.69, 9.17) is 12.2 Å². The first-order chi connectivity index (χ1) is 6.01. The van der Waals surface area contributed by atoms with Crippen LogP contribution >= 0.6 is 24.0 Å². The summed E-state index contributed by atoms with van der Waals surface area (Å²) in [6.45, 7) is 6.11. The fourth-order valence-electron chi connectivity index (χ4n) is 2.01. The van der Waals surface area contributed by atoms with Crippen molar-refractivity contribution < 1.29 is 4.79 Å². The topological polar surface area (TPSA) is 17.1 Å². The van der Waals surface area contributed by atoms with Gasteiger partial charge in [-0.25, -0.2) is 0 Å². The first kappa shape index (κ1) is 11.2. The summed E-state index contributed by atoms with van der Waals surface area (Å²) in [5.41, 5.74) is 0. The molecule has 0 heterocycles. The van der Waals surface area contributed by atoms with Gasteiger partial charge in [0.15, 0.2) is 5.78 Å². The second kappa shape index (κ2) is 3.70. The van der Waals surface area contributed by atoms with E-state index in [1.165, 1.54) is 0 Å². The number of hydrogen-bond donors (Lipinski definition) is 0. The van der Waals surface area contributed by atoms with Gasteiger partial charge in [0.25, 0.3) is 0 Å². The van der Waals surface area contributed by atoms with E-state index < -0.39 is 0 Å². The van der Waals surface area contributed by atoms with Gasteiger partial charge in [0.2, 0.25) is 0 Å². The Morgan fingerprint density at radius 1 is 1.46 bits per heavy atom. The van der Waals surface area contributed by atoms with Gasteiger partial charge in [0.05, 0.1) is 0 Å². The van der Waals surface area contributed by atoms with Crippen LogP contribution in [-0.2, 0) is 4.79 Å². The van der Waals surface area contributed by atoms with Crippen LogP contribution in [0.15, 0.2) is 0 Å². The first-order valence-electron chi connectivity index (χ1n) is 4.65. The molecule has 1 rings (SSSR count). The first-order valence-corrected chi connectivity index (χ1v) is 6.28. The number of hydrogen-bond acceptors (Lipinski definition) is 3. The summed E-state index contributed by atoms with van der Waals surface area (Å²) < 4.78 is -0.353. The van der Waals surface area contributed by atoms with Gasteiger partial charge in [-0.2, -0.15) is 0 Å². The third-order valence-electron chi connectivity index (χ3n) is 3.22. The molecule has 3 unspecified atom stereocenters. The Hall–Kier alpha value is 0.110. The van der Waals surface area contributed by atoms with Crippen LogP contribution in [0.2, 0.25) is 0 Å². The van der Waals surface area contributed by atoms with Crippen molar-refractivity contribution in [1.29, 1.82) is 0 Å². The lowest BCUT2D eigenvalue weighted by atomic mass is 10.00. The normalized spacial score (nSPS) is 40.0. The van der Waals surface area contributed by atoms with Crippen molar-refractivity contribution in [3.05, 3.63) is 0 Å². The Balaban J connectivity index is 3.11. The molecule has 3 heteroatoms. The van der Waals surface area contributed by atoms with E-state index >= 15 is 0 Å². The number of Topliss-reactive ketones (excluding diaryl/α,β-unsaturated/α-hetero) is 1. The molecule has 0 amide bonds. The van der Waals surface area contributed by atoms with E-state index in [0.717, 1.165) is 11.3 Å². The molecule has 1 nitrogen and oxygen atoms in total. The second-order valence-electron chi connectivity index (χ2n) is 3.69. The molecule has 0 aromatic rings. The molecule has 0 spiro atoms. The number of rotatable bonds is 2. The highest BCUT2D eigenvalue weighted by atomic mass is 32.2. The number of thioether (sulfide) groups is 1. The maximum absolute atomic E-state index is 12.0. The molecule has 0 radical (unpaired) electrons. The summed E-state index contributed by atoms with van der Waals surface area (Å²) in [5.74, 6) is 0.717. The van der Waals surface area contributed by atoms with Crippen molar-refractivity contribution in [3.8, 4) is 0 Å². The molecule has 13 heavy (non-hydrogen) atoms. The van der Waals surface area contributed by atoms with Gasteiger partial charge in [0, 0.05) is 10.8 Å². The van der Waals surface area contributed by atoms with Crippen LogP contribution in [0.3, 0.4) is 0 Å². The SMILES string of the molecule is CCC1(SC)C(=O)C(C)C(C)C1=S. The van der Waals surface area contributed by atoms with Crippen LogP contribution in [-0.4, -0.2) is 21.7 Å². The van der Waals surface area contributed by atoms with E-state index in [1.807, 2.05) is 20.1 Å². The van der Waals surface area contributed by atoms with Crippen LogP contribution in [0.4, 0.5) is 0 Å². The predicted molar refractivity (Wildman–Crippen MR) is 62.5 cm³/mol. The van der Waals surface area contributed by atoms with Gasteiger partial charge in [-0.3, -0.25) is 4.79 Å². The Kier molecular flexibility index (Phi) is 3.18. The summed E-state index contributed by atoms with van der Waals surface area (Å²) in [5, 5.41) is 0. The minimum absolute atomic E-state index is 0.111. The molecule has 1 aliphatic carbocycles. The van der Waals surface area contributed by atoms with E-state index in [9.17, 15) is 4.79 Å². The number of ketones is 1. The van der Waals surface area contributed by atoms with Crippen molar-refractivity contribution in [2.45, 2.75) is 31.9 Å². The summed E-state index contributed by atoms with van der Waals surface area (Å²) >= 11 is 7.00. The third-order valence-corrected chi connectivity index (χ3v) is 5.48. The molecule has 1 aliphatic rings. The van der Waals surface area contributed by atoms with Crippen molar-refractivity contribution in [1.82, 2.24) is 0 Å². The molecule has 0 saturated heterocycles. The number of thiocarbonyl (C=S) groups is 1. The third kappa shape index (κ3) is 1.37. The van der Waals surface area contributed by atoms with E-state index in [-0.39, 0.29) is 16.6 Å². The quantitative estimate of drug-likeness (QED) is 0.661. The molecule has 0 aliphatic heterocycles. The van der Waals surface area contributed by atoms with Crippen LogP contribution in [0, 0.1) is 11.8 Å². The van der Waals surface area contributed by atoms with Crippen LogP contribution < -0.4 is 0 Å². The zero-order valence-corrected chi connectivity index (χ0v) is 10.2. The molecule has 3 atom stereocenters.